The van der Waals surface area contributed by atoms with Gasteiger partial charge >= 0.3 is 0 Å². The van der Waals surface area contributed by atoms with Gasteiger partial charge in [-0.3, -0.25) is 9.48 Å². The molecule has 166 valence electrons. The van der Waals surface area contributed by atoms with Crippen molar-refractivity contribution in [3.05, 3.63) is 69.6 Å². The summed E-state index contributed by atoms with van der Waals surface area (Å²) in [7, 11) is 0. The van der Waals surface area contributed by atoms with E-state index in [1.54, 1.807) is 17.7 Å². The monoisotopic (exact) mass is 448 g/mol. The van der Waals surface area contributed by atoms with Crippen LogP contribution in [0.25, 0.3) is 10.2 Å². The minimum absolute atomic E-state index is 0.0871. The Bertz CT molecular complexity index is 1260. The van der Waals surface area contributed by atoms with E-state index in [1.165, 1.54) is 10.4 Å². The number of hydrogen-bond acceptors (Lipinski definition) is 6. The number of amides is 1. The van der Waals surface area contributed by atoms with Gasteiger partial charge in [0.2, 0.25) is 5.91 Å². The Balaban J connectivity index is 1.43. The first-order valence-corrected chi connectivity index (χ1v) is 11.5. The van der Waals surface area contributed by atoms with Crippen LogP contribution in [0.5, 0.6) is 0 Å². The summed E-state index contributed by atoms with van der Waals surface area (Å²) in [5.74, 6) is 0.610. The summed E-state index contributed by atoms with van der Waals surface area (Å²) >= 11 is 1.64. The molecule has 8 heteroatoms. The van der Waals surface area contributed by atoms with Gasteiger partial charge in [0.1, 0.15) is 23.0 Å². The normalized spacial score (nSPS) is 12.2. The minimum Gasteiger partial charge on any atom is -0.358 e. The van der Waals surface area contributed by atoms with E-state index in [1.807, 2.05) is 43.7 Å². The van der Waals surface area contributed by atoms with E-state index < -0.39 is 6.04 Å². The molecule has 0 aliphatic rings. The molecule has 0 unspecified atom stereocenters. The summed E-state index contributed by atoms with van der Waals surface area (Å²) in [6.45, 7) is 11.2. The van der Waals surface area contributed by atoms with Crippen LogP contribution in [0.2, 0.25) is 0 Å². The van der Waals surface area contributed by atoms with Crippen molar-refractivity contribution in [2.45, 2.75) is 53.8 Å². The number of aromatic nitrogens is 4. The summed E-state index contributed by atoms with van der Waals surface area (Å²) < 4.78 is 1.99. The standard InChI is InChI=1S/C24H28N6OS/c1-14-18(5)32-24-21(14)22(26-13-27-24)28-16(3)23(31)25-11-20-15(2)29-30(17(20)4)12-19-9-7-6-8-10-19/h6-10,13,16H,11-12H2,1-5H3,(H,25,31)(H,26,27,28)/t16-/m1/s1. The topological polar surface area (TPSA) is 84.7 Å². The van der Waals surface area contributed by atoms with E-state index in [9.17, 15) is 4.79 Å². The average Bonchev–Trinajstić information content (AvgIpc) is 3.22. The second kappa shape index (κ2) is 9.08. The second-order valence-electron chi connectivity index (χ2n) is 8.06. The fourth-order valence-corrected chi connectivity index (χ4v) is 4.79. The number of aryl methyl sites for hydroxylation is 3. The lowest BCUT2D eigenvalue weighted by Gasteiger charge is -2.15. The number of rotatable bonds is 7. The maximum atomic E-state index is 12.8. The lowest BCUT2D eigenvalue weighted by atomic mass is 10.1. The molecule has 1 amide bonds. The van der Waals surface area contributed by atoms with Crippen molar-refractivity contribution in [3.63, 3.8) is 0 Å². The Kier molecular flexibility index (Phi) is 6.23. The Labute approximate surface area is 191 Å². The number of anilines is 1. The zero-order valence-electron chi connectivity index (χ0n) is 19.1. The maximum absolute atomic E-state index is 12.8. The molecule has 32 heavy (non-hydrogen) atoms. The van der Waals surface area contributed by atoms with Crippen LogP contribution < -0.4 is 10.6 Å². The number of benzene rings is 1. The van der Waals surface area contributed by atoms with Crippen LogP contribution in [0.1, 0.15) is 39.9 Å². The maximum Gasteiger partial charge on any atom is 0.242 e. The Morgan fingerprint density at radius 1 is 1.12 bits per heavy atom. The number of nitrogens with one attached hydrogen (secondary N) is 2. The number of thiophene rings is 1. The van der Waals surface area contributed by atoms with Crippen molar-refractivity contribution in [2.75, 3.05) is 5.32 Å². The molecule has 3 aromatic heterocycles. The molecule has 4 aromatic rings. The molecule has 0 spiro atoms. The molecule has 0 fully saturated rings. The summed E-state index contributed by atoms with van der Waals surface area (Å²) in [6, 6.07) is 9.81. The summed E-state index contributed by atoms with van der Waals surface area (Å²) in [6.07, 6.45) is 1.54. The highest BCUT2D eigenvalue weighted by Gasteiger charge is 2.19. The van der Waals surface area contributed by atoms with E-state index in [0.717, 1.165) is 32.7 Å². The van der Waals surface area contributed by atoms with Crippen molar-refractivity contribution in [3.8, 4) is 0 Å². The van der Waals surface area contributed by atoms with Crippen LogP contribution in [0, 0.1) is 27.7 Å². The third-order valence-corrected chi connectivity index (χ3v) is 6.97. The zero-order chi connectivity index (χ0) is 22.8. The van der Waals surface area contributed by atoms with E-state index in [0.29, 0.717) is 18.9 Å². The Morgan fingerprint density at radius 2 is 1.88 bits per heavy atom. The summed E-state index contributed by atoms with van der Waals surface area (Å²) in [4.78, 5) is 23.7. The van der Waals surface area contributed by atoms with Crippen LogP contribution in [-0.2, 0) is 17.9 Å². The quantitative estimate of drug-likeness (QED) is 0.441. The van der Waals surface area contributed by atoms with Gasteiger partial charge in [-0.15, -0.1) is 11.3 Å². The Hall–Kier alpha value is -3.26. The van der Waals surface area contributed by atoms with Gasteiger partial charge in [-0.2, -0.15) is 5.10 Å². The van der Waals surface area contributed by atoms with Gasteiger partial charge in [0, 0.05) is 22.7 Å². The molecular formula is C24H28N6OS. The molecule has 1 atom stereocenters. The first-order valence-electron chi connectivity index (χ1n) is 10.7. The zero-order valence-corrected chi connectivity index (χ0v) is 19.9. The first-order chi connectivity index (χ1) is 15.3. The van der Waals surface area contributed by atoms with Crippen molar-refractivity contribution >= 4 is 33.3 Å². The van der Waals surface area contributed by atoms with E-state index >= 15 is 0 Å². The highest BCUT2D eigenvalue weighted by molar-refractivity contribution is 7.18. The molecule has 0 bridgehead atoms. The molecule has 0 aliphatic heterocycles. The van der Waals surface area contributed by atoms with Crippen molar-refractivity contribution in [1.29, 1.82) is 0 Å². The molecule has 1 aromatic carbocycles. The molecule has 0 saturated heterocycles. The number of carbonyl (C=O) groups is 1. The molecule has 3 heterocycles. The molecule has 0 saturated carbocycles. The minimum atomic E-state index is -0.437. The Morgan fingerprint density at radius 3 is 2.62 bits per heavy atom. The van der Waals surface area contributed by atoms with Gasteiger partial charge in [-0.25, -0.2) is 9.97 Å². The lowest BCUT2D eigenvalue weighted by Crippen LogP contribution is -2.37. The lowest BCUT2D eigenvalue weighted by molar-refractivity contribution is -0.121. The average molecular weight is 449 g/mol. The van der Waals surface area contributed by atoms with E-state index in [-0.39, 0.29) is 5.91 Å². The predicted octanol–water partition coefficient (Wildman–Crippen LogP) is 4.29. The van der Waals surface area contributed by atoms with Crippen LogP contribution in [0.4, 0.5) is 5.82 Å². The van der Waals surface area contributed by atoms with Gasteiger partial charge in [-0.1, -0.05) is 30.3 Å². The molecule has 2 N–H and O–H groups in total. The van der Waals surface area contributed by atoms with Crippen molar-refractivity contribution < 1.29 is 4.79 Å². The number of carbonyl (C=O) groups excluding carboxylic acids is 1. The fraction of sp³-hybridized carbons (Fsp3) is 0.333. The van der Waals surface area contributed by atoms with Crippen molar-refractivity contribution in [1.82, 2.24) is 25.1 Å². The molecule has 7 nitrogen and oxygen atoms in total. The highest BCUT2D eigenvalue weighted by atomic mass is 32.1. The van der Waals surface area contributed by atoms with Crippen molar-refractivity contribution in [2.24, 2.45) is 0 Å². The van der Waals surface area contributed by atoms with Crippen LogP contribution >= 0.6 is 11.3 Å². The van der Waals surface area contributed by atoms with Gasteiger partial charge in [0.05, 0.1) is 17.6 Å². The molecular weight excluding hydrogens is 420 g/mol. The number of hydrogen-bond donors (Lipinski definition) is 2. The first kappa shape index (κ1) is 22.0. The van der Waals surface area contributed by atoms with Gasteiger partial charge in [0.25, 0.3) is 0 Å². The number of nitrogens with zero attached hydrogens (tertiary/aromatic N) is 4. The largest absolute Gasteiger partial charge is 0.358 e. The third kappa shape index (κ3) is 4.36. The van der Waals surface area contributed by atoms with Crippen LogP contribution in [-0.4, -0.2) is 31.7 Å². The highest BCUT2D eigenvalue weighted by Crippen LogP contribution is 2.32. The van der Waals surface area contributed by atoms with Crippen LogP contribution in [0.3, 0.4) is 0 Å². The molecule has 0 radical (unpaired) electrons. The van der Waals surface area contributed by atoms with Gasteiger partial charge < -0.3 is 10.6 Å². The van der Waals surface area contributed by atoms with Gasteiger partial charge in [0.15, 0.2) is 0 Å². The summed E-state index contributed by atoms with van der Waals surface area (Å²) in [5.41, 5.74) is 5.39. The molecule has 4 rings (SSSR count). The predicted molar refractivity (Wildman–Crippen MR) is 129 cm³/mol. The summed E-state index contributed by atoms with van der Waals surface area (Å²) in [5, 5.41) is 12.0. The second-order valence-corrected chi connectivity index (χ2v) is 9.27. The van der Waals surface area contributed by atoms with Crippen LogP contribution in [0.15, 0.2) is 36.7 Å². The van der Waals surface area contributed by atoms with E-state index in [4.69, 9.17) is 0 Å². The van der Waals surface area contributed by atoms with Gasteiger partial charge in [-0.05, 0) is 45.7 Å². The smallest absolute Gasteiger partial charge is 0.242 e. The third-order valence-electron chi connectivity index (χ3n) is 5.86. The van der Waals surface area contributed by atoms with E-state index in [2.05, 4.69) is 51.7 Å². The fourth-order valence-electron chi connectivity index (χ4n) is 3.79. The molecule has 0 aliphatic carbocycles. The number of fused-ring (bicyclic) bond motifs is 1. The SMILES string of the molecule is Cc1nn(Cc2ccccc2)c(C)c1CNC(=O)[C@@H](C)Nc1ncnc2sc(C)c(C)c12.